The van der Waals surface area contributed by atoms with E-state index in [2.05, 4.69) is 26.2 Å². The molecule has 0 radical (unpaired) electrons. The Bertz CT molecular complexity index is 688. The van der Waals surface area contributed by atoms with E-state index in [9.17, 15) is 9.18 Å². The third kappa shape index (κ3) is 2.31. The second-order valence-corrected chi connectivity index (χ2v) is 5.99. The van der Waals surface area contributed by atoms with Crippen molar-refractivity contribution < 1.29 is 9.18 Å². The molecule has 20 heavy (non-hydrogen) atoms. The summed E-state index contributed by atoms with van der Waals surface area (Å²) >= 11 is 9.01. The number of amides is 1. The molecule has 0 saturated carbocycles. The molecule has 7 heteroatoms. The van der Waals surface area contributed by atoms with Crippen molar-refractivity contribution in [3.05, 3.63) is 28.2 Å². The first kappa shape index (κ1) is 13.8. The summed E-state index contributed by atoms with van der Waals surface area (Å²) in [7, 11) is 0. The van der Waals surface area contributed by atoms with E-state index >= 15 is 0 Å². The Morgan fingerprint density at radius 3 is 3.00 bits per heavy atom. The fourth-order valence-corrected chi connectivity index (χ4v) is 3.08. The lowest BCUT2D eigenvalue weighted by Crippen LogP contribution is -2.17. The van der Waals surface area contributed by atoms with Crippen molar-refractivity contribution in [1.29, 1.82) is 0 Å². The van der Waals surface area contributed by atoms with Gasteiger partial charge in [0.25, 0.3) is 0 Å². The second kappa shape index (κ2) is 5.33. The van der Waals surface area contributed by atoms with Crippen LogP contribution in [0.4, 0.5) is 4.39 Å². The van der Waals surface area contributed by atoms with E-state index < -0.39 is 0 Å². The van der Waals surface area contributed by atoms with Gasteiger partial charge in [-0.3, -0.25) is 4.79 Å². The van der Waals surface area contributed by atoms with Gasteiger partial charge in [-0.25, -0.2) is 9.37 Å². The molecule has 0 aliphatic carbocycles. The molecule has 2 heterocycles. The molecule has 0 spiro atoms. The molecule has 1 saturated heterocycles. The van der Waals surface area contributed by atoms with Crippen LogP contribution in [-0.2, 0) is 11.2 Å². The summed E-state index contributed by atoms with van der Waals surface area (Å²) in [5.41, 5.74) is 1.41. The largest absolute Gasteiger partial charge is 0.354 e. The van der Waals surface area contributed by atoms with Gasteiger partial charge in [0, 0.05) is 31.3 Å². The number of rotatable bonds is 3. The van der Waals surface area contributed by atoms with Gasteiger partial charge in [0.2, 0.25) is 5.91 Å². The van der Waals surface area contributed by atoms with Gasteiger partial charge in [0.15, 0.2) is 0 Å². The van der Waals surface area contributed by atoms with E-state index in [0.717, 1.165) is 11.3 Å². The van der Waals surface area contributed by atoms with Crippen LogP contribution in [0, 0.1) is 5.82 Å². The molecule has 1 aromatic heterocycles. The first-order valence-corrected chi connectivity index (χ1v) is 7.61. The van der Waals surface area contributed by atoms with E-state index in [1.54, 1.807) is 6.07 Å². The van der Waals surface area contributed by atoms with Crippen molar-refractivity contribution in [3.8, 4) is 0 Å². The first-order chi connectivity index (χ1) is 9.60. The standard InChI is InChI=1S/C13H12BrClFN3O/c14-8-4-11-10(5-9(8)16)18-12(1-2-15)19(11)7-3-13(20)17-6-7/h4-5,7H,1-3,6H2,(H,17,20). The molecule has 1 amide bonds. The molecule has 2 aromatic rings. The second-order valence-electron chi connectivity index (χ2n) is 4.75. The van der Waals surface area contributed by atoms with E-state index in [-0.39, 0.29) is 17.8 Å². The molecule has 1 N–H and O–H groups in total. The lowest BCUT2D eigenvalue weighted by molar-refractivity contribution is -0.119. The molecule has 1 aliphatic heterocycles. The average molecular weight is 361 g/mol. The van der Waals surface area contributed by atoms with Crippen LogP contribution in [0.25, 0.3) is 11.0 Å². The number of aromatic nitrogens is 2. The van der Waals surface area contributed by atoms with E-state index in [1.807, 2.05) is 4.57 Å². The summed E-state index contributed by atoms with van der Waals surface area (Å²) in [6, 6.07) is 3.11. The highest BCUT2D eigenvalue weighted by Gasteiger charge is 2.27. The minimum atomic E-state index is -0.347. The fourth-order valence-electron chi connectivity index (χ4n) is 2.58. The number of nitrogens with zero attached hydrogens (tertiary/aromatic N) is 2. The highest BCUT2D eigenvalue weighted by molar-refractivity contribution is 9.10. The van der Waals surface area contributed by atoms with Crippen LogP contribution in [0.3, 0.4) is 0 Å². The van der Waals surface area contributed by atoms with Crippen molar-refractivity contribution in [2.45, 2.75) is 18.9 Å². The van der Waals surface area contributed by atoms with Crippen LogP contribution >= 0.6 is 27.5 Å². The predicted molar refractivity (Wildman–Crippen MR) is 78.5 cm³/mol. The number of fused-ring (bicyclic) bond motifs is 1. The third-order valence-electron chi connectivity index (χ3n) is 3.44. The minimum absolute atomic E-state index is 0.00285. The van der Waals surface area contributed by atoms with Gasteiger partial charge < -0.3 is 9.88 Å². The molecular weight excluding hydrogens is 349 g/mol. The zero-order valence-corrected chi connectivity index (χ0v) is 12.8. The topological polar surface area (TPSA) is 46.9 Å². The Hall–Kier alpha value is -1.14. The van der Waals surface area contributed by atoms with Gasteiger partial charge in [-0.1, -0.05) is 0 Å². The SMILES string of the molecule is O=C1CC(n2c(CCCl)nc3cc(F)c(Br)cc32)CN1. The monoisotopic (exact) mass is 359 g/mol. The molecule has 106 valence electrons. The number of alkyl halides is 1. The number of nitrogens with one attached hydrogen (secondary N) is 1. The van der Waals surface area contributed by atoms with Crippen LogP contribution in [0.5, 0.6) is 0 Å². The van der Waals surface area contributed by atoms with Crippen LogP contribution in [0.1, 0.15) is 18.3 Å². The highest BCUT2D eigenvalue weighted by Crippen LogP contribution is 2.29. The molecule has 1 fully saturated rings. The molecule has 1 aromatic carbocycles. The maximum Gasteiger partial charge on any atom is 0.222 e. The summed E-state index contributed by atoms with van der Waals surface area (Å²) in [5, 5.41) is 2.81. The average Bonchev–Trinajstić information content (AvgIpc) is 2.94. The number of aryl methyl sites for hydroxylation is 1. The van der Waals surface area contributed by atoms with E-state index in [1.165, 1.54) is 6.07 Å². The van der Waals surface area contributed by atoms with Gasteiger partial charge in [-0.05, 0) is 22.0 Å². The zero-order valence-electron chi connectivity index (χ0n) is 10.5. The van der Waals surface area contributed by atoms with Crippen LogP contribution in [0.15, 0.2) is 16.6 Å². The molecular formula is C13H12BrClFN3O. The molecule has 4 nitrogen and oxygen atoms in total. The fraction of sp³-hybridized carbons (Fsp3) is 0.385. The van der Waals surface area contributed by atoms with E-state index in [4.69, 9.17) is 11.6 Å². The zero-order chi connectivity index (χ0) is 14.3. The number of halogens is 3. The molecule has 1 unspecified atom stereocenters. The number of hydrogen-bond acceptors (Lipinski definition) is 2. The lowest BCUT2D eigenvalue weighted by atomic mass is 10.2. The Kier molecular flexibility index (Phi) is 3.69. The third-order valence-corrected chi connectivity index (χ3v) is 4.24. The Morgan fingerprint density at radius 1 is 1.55 bits per heavy atom. The maximum atomic E-state index is 13.6. The normalized spacial score (nSPS) is 18.8. The molecule has 0 bridgehead atoms. The van der Waals surface area contributed by atoms with Crippen molar-refractivity contribution in [2.75, 3.05) is 12.4 Å². The highest BCUT2D eigenvalue weighted by atomic mass is 79.9. The van der Waals surface area contributed by atoms with Crippen molar-refractivity contribution >= 4 is 44.5 Å². The molecule has 3 rings (SSSR count). The predicted octanol–water partition coefficient (Wildman–Crippen LogP) is 2.78. The van der Waals surface area contributed by atoms with Crippen LogP contribution < -0.4 is 5.32 Å². The lowest BCUT2D eigenvalue weighted by Gasteiger charge is -2.14. The van der Waals surface area contributed by atoms with Crippen molar-refractivity contribution in [2.24, 2.45) is 0 Å². The van der Waals surface area contributed by atoms with Crippen molar-refractivity contribution in [1.82, 2.24) is 14.9 Å². The Labute approximate surface area is 128 Å². The summed E-state index contributed by atoms with van der Waals surface area (Å²) in [5.74, 6) is 0.894. The smallest absolute Gasteiger partial charge is 0.222 e. The van der Waals surface area contributed by atoms with Gasteiger partial charge in [-0.15, -0.1) is 11.6 Å². The first-order valence-electron chi connectivity index (χ1n) is 6.28. The number of carbonyl (C=O) groups excluding carboxylic acids is 1. The van der Waals surface area contributed by atoms with Crippen molar-refractivity contribution in [3.63, 3.8) is 0 Å². The summed E-state index contributed by atoms with van der Waals surface area (Å²) in [4.78, 5) is 15.9. The maximum absolute atomic E-state index is 13.6. The van der Waals surface area contributed by atoms with Gasteiger partial charge in [-0.2, -0.15) is 0 Å². The number of benzene rings is 1. The summed E-state index contributed by atoms with van der Waals surface area (Å²) in [6.07, 6.45) is 0.996. The Balaban J connectivity index is 2.17. The summed E-state index contributed by atoms with van der Waals surface area (Å²) < 4.78 is 16.0. The van der Waals surface area contributed by atoms with E-state index in [0.29, 0.717) is 35.3 Å². The van der Waals surface area contributed by atoms with Gasteiger partial charge in [0.05, 0.1) is 21.5 Å². The van der Waals surface area contributed by atoms with Gasteiger partial charge >= 0.3 is 0 Å². The number of carbonyl (C=O) groups is 1. The number of imidazole rings is 1. The minimum Gasteiger partial charge on any atom is -0.354 e. The Morgan fingerprint density at radius 2 is 2.35 bits per heavy atom. The van der Waals surface area contributed by atoms with Crippen LogP contribution in [0.2, 0.25) is 0 Å². The summed E-state index contributed by atoms with van der Waals surface area (Å²) in [6.45, 7) is 0.564. The number of hydrogen-bond donors (Lipinski definition) is 1. The molecule has 1 aliphatic rings. The molecule has 1 atom stereocenters. The van der Waals surface area contributed by atoms with Gasteiger partial charge in [0.1, 0.15) is 11.6 Å². The quantitative estimate of drug-likeness (QED) is 0.856. The van der Waals surface area contributed by atoms with Crippen LogP contribution in [-0.4, -0.2) is 27.9 Å².